The lowest BCUT2D eigenvalue weighted by Gasteiger charge is -2.02. The summed E-state index contributed by atoms with van der Waals surface area (Å²) in [6.45, 7) is 2.10. The smallest absolute Gasteiger partial charge is 0.316 e. The number of thioether (sulfide) groups is 1. The Morgan fingerprint density at radius 3 is 3.00 bits per heavy atom. The zero-order chi connectivity index (χ0) is 18.6. The summed E-state index contributed by atoms with van der Waals surface area (Å²) in [5, 5.41) is 4.51. The van der Waals surface area contributed by atoms with Crippen molar-refractivity contribution in [2.75, 3.05) is 5.75 Å². The van der Waals surface area contributed by atoms with Crippen molar-refractivity contribution >= 4 is 17.7 Å². The molecule has 0 saturated carbocycles. The second kappa shape index (κ2) is 7.79. The third-order valence-corrected chi connectivity index (χ3v) is 4.83. The van der Waals surface area contributed by atoms with Crippen LogP contribution in [-0.4, -0.2) is 33.0 Å². The molecule has 0 radical (unpaired) electrons. The van der Waals surface area contributed by atoms with Crippen LogP contribution in [0.1, 0.15) is 18.2 Å². The van der Waals surface area contributed by atoms with Crippen molar-refractivity contribution in [1.29, 1.82) is 0 Å². The minimum atomic E-state index is -0.360. The molecule has 1 unspecified atom stereocenters. The van der Waals surface area contributed by atoms with Gasteiger partial charge in [-0.2, -0.15) is 0 Å². The molecule has 3 heterocycles. The molecule has 3 aromatic rings. The molecule has 0 spiro atoms. The van der Waals surface area contributed by atoms with Gasteiger partial charge in [-0.05, 0) is 36.8 Å². The molecule has 0 aliphatic carbocycles. The molecule has 7 nitrogen and oxygen atoms in total. The maximum Gasteiger partial charge on any atom is 0.316 e. The highest BCUT2D eigenvalue weighted by molar-refractivity contribution is 7.99. The van der Waals surface area contributed by atoms with Gasteiger partial charge in [0.15, 0.2) is 10.9 Å². The molecule has 0 bridgehead atoms. The third-order valence-electron chi connectivity index (χ3n) is 3.98. The molecule has 8 heteroatoms. The van der Waals surface area contributed by atoms with Gasteiger partial charge in [0.1, 0.15) is 24.2 Å². The van der Waals surface area contributed by atoms with Crippen molar-refractivity contribution in [2.45, 2.75) is 31.2 Å². The maximum atomic E-state index is 11.9. The topological polar surface area (TPSA) is 87.3 Å². The van der Waals surface area contributed by atoms with Gasteiger partial charge < -0.3 is 14.0 Å². The number of benzene rings is 1. The highest BCUT2D eigenvalue weighted by Crippen LogP contribution is 2.33. The fraction of sp³-hybridized carbons (Fsp3) is 0.263. The lowest BCUT2D eigenvalue weighted by atomic mass is 10.1. The van der Waals surface area contributed by atoms with E-state index in [-0.39, 0.29) is 24.4 Å². The van der Waals surface area contributed by atoms with Crippen LogP contribution in [0.2, 0.25) is 0 Å². The van der Waals surface area contributed by atoms with E-state index in [2.05, 4.69) is 15.1 Å². The van der Waals surface area contributed by atoms with E-state index in [0.717, 1.165) is 23.3 Å². The normalized spacial score (nSPS) is 15.2. The van der Waals surface area contributed by atoms with Gasteiger partial charge in [-0.1, -0.05) is 16.9 Å². The molecule has 1 aliphatic heterocycles. The Morgan fingerprint density at radius 1 is 1.30 bits per heavy atom. The molecule has 1 atom stereocenters. The summed E-state index contributed by atoms with van der Waals surface area (Å²) in [5.41, 5.74) is 2.64. The van der Waals surface area contributed by atoms with Gasteiger partial charge in [0.25, 0.3) is 0 Å². The summed E-state index contributed by atoms with van der Waals surface area (Å²) in [7, 11) is 0. The molecule has 1 aliphatic rings. The van der Waals surface area contributed by atoms with Gasteiger partial charge in [-0.15, -0.1) is 0 Å². The van der Waals surface area contributed by atoms with E-state index in [4.69, 9.17) is 14.0 Å². The first-order valence-corrected chi connectivity index (χ1v) is 9.47. The number of nitrogens with zero attached hydrogens (tertiary/aromatic N) is 3. The van der Waals surface area contributed by atoms with E-state index in [1.807, 2.05) is 25.1 Å². The van der Waals surface area contributed by atoms with Crippen molar-refractivity contribution in [2.24, 2.45) is 0 Å². The van der Waals surface area contributed by atoms with E-state index >= 15 is 0 Å². The highest BCUT2D eigenvalue weighted by atomic mass is 32.2. The fourth-order valence-electron chi connectivity index (χ4n) is 2.77. The fourth-order valence-corrected chi connectivity index (χ4v) is 3.37. The molecule has 1 aromatic carbocycles. The Morgan fingerprint density at radius 2 is 2.15 bits per heavy atom. The molecule has 4 rings (SSSR count). The largest absolute Gasteiger partial charge is 0.490 e. The zero-order valence-electron chi connectivity index (χ0n) is 14.6. The predicted molar refractivity (Wildman–Crippen MR) is 98.3 cm³/mol. The van der Waals surface area contributed by atoms with E-state index in [0.29, 0.717) is 16.6 Å². The number of ether oxygens (including phenoxy) is 2. The first-order chi connectivity index (χ1) is 13.2. The lowest BCUT2D eigenvalue weighted by Crippen LogP contribution is -2.07. The summed E-state index contributed by atoms with van der Waals surface area (Å²) in [5.74, 6) is 1.33. The van der Waals surface area contributed by atoms with E-state index in [1.54, 1.807) is 24.5 Å². The number of rotatable bonds is 6. The van der Waals surface area contributed by atoms with E-state index in [1.165, 1.54) is 11.8 Å². The first-order valence-electron chi connectivity index (χ1n) is 8.48. The second-order valence-corrected chi connectivity index (χ2v) is 7.06. The minimum Gasteiger partial charge on any atom is -0.490 e. The summed E-state index contributed by atoms with van der Waals surface area (Å²) in [6, 6.07) is 9.43. The third kappa shape index (κ3) is 4.28. The maximum absolute atomic E-state index is 11.9. The van der Waals surface area contributed by atoms with Gasteiger partial charge in [-0.25, -0.2) is 9.97 Å². The molecule has 0 amide bonds. The predicted octanol–water partition coefficient (Wildman–Crippen LogP) is 3.29. The molecule has 138 valence electrons. The average Bonchev–Trinajstić information content (AvgIpc) is 3.30. The van der Waals surface area contributed by atoms with Gasteiger partial charge in [0, 0.05) is 30.4 Å². The second-order valence-electron chi connectivity index (χ2n) is 6.12. The summed E-state index contributed by atoms with van der Waals surface area (Å²) in [6.07, 6.45) is 4.33. The van der Waals surface area contributed by atoms with Crippen LogP contribution in [0.25, 0.3) is 11.3 Å². The summed E-state index contributed by atoms with van der Waals surface area (Å²) in [4.78, 5) is 19.9. The van der Waals surface area contributed by atoms with Crippen LogP contribution in [0.5, 0.6) is 5.75 Å². The molecular weight excluding hydrogens is 366 g/mol. The van der Waals surface area contributed by atoms with Crippen molar-refractivity contribution < 1.29 is 18.8 Å². The van der Waals surface area contributed by atoms with Crippen LogP contribution in [0, 0.1) is 0 Å². The van der Waals surface area contributed by atoms with Gasteiger partial charge >= 0.3 is 5.97 Å². The van der Waals surface area contributed by atoms with Gasteiger partial charge in [0.2, 0.25) is 0 Å². The number of hydrogen-bond acceptors (Lipinski definition) is 8. The Bertz CT molecular complexity index is 945. The number of hydrogen-bond donors (Lipinski definition) is 0. The SMILES string of the molecule is CC1Cc2cc(-c3cc(COC(=O)CSc4ncccn4)no3)ccc2O1. The Kier molecular flexibility index (Phi) is 5.06. The number of aromatic nitrogens is 3. The molecular formula is C19H17N3O4S. The monoisotopic (exact) mass is 383 g/mol. The first kappa shape index (κ1) is 17.5. The zero-order valence-corrected chi connectivity index (χ0v) is 15.4. The van der Waals surface area contributed by atoms with Crippen molar-refractivity contribution in [3.63, 3.8) is 0 Å². The number of carbonyl (C=O) groups excluding carboxylic acids is 1. The minimum absolute atomic E-state index is 0.0592. The molecule has 27 heavy (non-hydrogen) atoms. The van der Waals surface area contributed by atoms with E-state index in [9.17, 15) is 4.79 Å². The highest BCUT2D eigenvalue weighted by Gasteiger charge is 2.20. The van der Waals surface area contributed by atoms with E-state index < -0.39 is 0 Å². The van der Waals surface area contributed by atoms with Crippen molar-refractivity contribution in [3.05, 3.63) is 54.0 Å². The number of carbonyl (C=O) groups is 1. The lowest BCUT2D eigenvalue weighted by molar-refractivity contribution is -0.141. The Labute approximate surface area is 160 Å². The van der Waals surface area contributed by atoms with Gasteiger partial charge in [-0.3, -0.25) is 4.79 Å². The van der Waals surface area contributed by atoms with Crippen LogP contribution in [0.3, 0.4) is 0 Å². The Balaban J connectivity index is 1.32. The van der Waals surface area contributed by atoms with Crippen molar-refractivity contribution in [1.82, 2.24) is 15.1 Å². The summed E-state index contributed by atoms with van der Waals surface area (Å²) < 4.78 is 16.3. The number of fused-ring (bicyclic) bond motifs is 1. The van der Waals surface area contributed by atoms with Crippen LogP contribution in [0.15, 0.2) is 52.4 Å². The van der Waals surface area contributed by atoms with Crippen LogP contribution in [-0.2, 0) is 22.6 Å². The van der Waals surface area contributed by atoms with Crippen molar-refractivity contribution in [3.8, 4) is 17.1 Å². The van der Waals surface area contributed by atoms with Crippen LogP contribution < -0.4 is 4.74 Å². The quantitative estimate of drug-likeness (QED) is 0.364. The molecule has 2 aromatic heterocycles. The average molecular weight is 383 g/mol. The van der Waals surface area contributed by atoms with Gasteiger partial charge in [0.05, 0.1) is 5.75 Å². The molecule has 0 saturated heterocycles. The molecule has 0 N–H and O–H groups in total. The molecule has 0 fully saturated rings. The standard InChI is InChI=1S/C19H17N3O4S/c1-12-7-14-8-13(3-4-16(14)25-12)17-9-15(22-26-17)10-24-18(23)11-27-19-20-5-2-6-21-19/h2-6,8-9,12H,7,10-11H2,1H3. The number of esters is 1. The summed E-state index contributed by atoms with van der Waals surface area (Å²) >= 11 is 1.22. The van der Waals surface area contributed by atoms with Crippen LogP contribution >= 0.6 is 11.8 Å². The van der Waals surface area contributed by atoms with Crippen LogP contribution in [0.4, 0.5) is 0 Å². The Hall–Kier alpha value is -2.87.